The van der Waals surface area contributed by atoms with Gasteiger partial charge in [0.25, 0.3) is 0 Å². The van der Waals surface area contributed by atoms with Crippen molar-refractivity contribution in [1.82, 2.24) is 5.32 Å². The molecular formula is C11H13F2NO3S. The van der Waals surface area contributed by atoms with E-state index in [4.69, 9.17) is 5.11 Å². The summed E-state index contributed by atoms with van der Waals surface area (Å²) in [5.41, 5.74) is 0. The minimum Gasteiger partial charge on any atom is -0.480 e. The van der Waals surface area contributed by atoms with E-state index in [1.54, 1.807) is 6.07 Å². The molecule has 1 atom stereocenters. The Morgan fingerprint density at radius 2 is 2.11 bits per heavy atom. The second-order valence-electron chi connectivity index (χ2n) is 3.77. The molecule has 1 aromatic rings. The molecule has 4 nitrogen and oxygen atoms in total. The number of halogens is 2. The van der Waals surface area contributed by atoms with Crippen LogP contribution in [0.15, 0.2) is 12.1 Å². The van der Waals surface area contributed by atoms with Gasteiger partial charge in [0.2, 0.25) is 12.3 Å². The molecule has 1 rings (SSSR count). The number of alkyl halides is 2. The Morgan fingerprint density at radius 1 is 1.44 bits per heavy atom. The first kappa shape index (κ1) is 14.6. The number of nitrogens with one attached hydrogen (secondary N) is 1. The number of aryl methyl sites for hydroxylation is 1. The molecule has 0 aliphatic heterocycles. The van der Waals surface area contributed by atoms with Gasteiger partial charge in [0.15, 0.2) is 0 Å². The van der Waals surface area contributed by atoms with Crippen LogP contribution >= 0.6 is 11.3 Å². The van der Waals surface area contributed by atoms with Gasteiger partial charge >= 0.3 is 5.97 Å². The zero-order valence-corrected chi connectivity index (χ0v) is 10.5. The molecule has 7 heteroatoms. The van der Waals surface area contributed by atoms with Crippen molar-refractivity contribution in [3.8, 4) is 0 Å². The van der Waals surface area contributed by atoms with E-state index in [0.717, 1.165) is 9.75 Å². The number of carboxylic acids is 1. The molecule has 1 unspecified atom stereocenters. The van der Waals surface area contributed by atoms with Crippen LogP contribution < -0.4 is 5.32 Å². The molecule has 0 aromatic carbocycles. The van der Waals surface area contributed by atoms with Gasteiger partial charge in [-0.1, -0.05) is 0 Å². The van der Waals surface area contributed by atoms with E-state index in [2.05, 4.69) is 5.32 Å². The lowest BCUT2D eigenvalue weighted by Gasteiger charge is -2.13. The maximum atomic E-state index is 12.1. The molecule has 0 aliphatic carbocycles. The standard InChI is InChI=1S/C11H13F2NO3S/c1-6-2-3-7(18-6)4-10(15)14-8(11(16)17)5-9(12)13/h2-3,8-9H,4-5H2,1H3,(H,14,15)(H,16,17). The summed E-state index contributed by atoms with van der Waals surface area (Å²) in [6, 6.07) is 2.04. The lowest BCUT2D eigenvalue weighted by atomic mass is 10.2. The highest BCUT2D eigenvalue weighted by atomic mass is 32.1. The topological polar surface area (TPSA) is 66.4 Å². The highest BCUT2D eigenvalue weighted by Crippen LogP contribution is 2.15. The van der Waals surface area contributed by atoms with Crippen molar-refractivity contribution in [2.24, 2.45) is 0 Å². The molecule has 1 aromatic heterocycles. The van der Waals surface area contributed by atoms with E-state index in [0.29, 0.717) is 0 Å². The lowest BCUT2D eigenvalue weighted by molar-refractivity contribution is -0.142. The molecule has 1 amide bonds. The van der Waals surface area contributed by atoms with Crippen molar-refractivity contribution < 1.29 is 23.5 Å². The van der Waals surface area contributed by atoms with E-state index in [-0.39, 0.29) is 6.42 Å². The van der Waals surface area contributed by atoms with E-state index in [1.165, 1.54) is 11.3 Å². The molecule has 0 bridgehead atoms. The van der Waals surface area contributed by atoms with Crippen LogP contribution in [0.3, 0.4) is 0 Å². The summed E-state index contributed by atoms with van der Waals surface area (Å²) in [5, 5.41) is 10.8. The minimum absolute atomic E-state index is 0.00548. The van der Waals surface area contributed by atoms with Crippen LogP contribution in [0.5, 0.6) is 0 Å². The molecule has 2 N–H and O–H groups in total. The minimum atomic E-state index is -2.77. The number of carbonyl (C=O) groups excluding carboxylic acids is 1. The number of aliphatic carboxylic acids is 1. The van der Waals surface area contributed by atoms with Crippen LogP contribution in [0, 0.1) is 6.92 Å². The van der Waals surface area contributed by atoms with Crippen molar-refractivity contribution in [1.29, 1.82) is 0 Å². The fourth-order valence-corrected chi connectivity index (χ4v) is 2.27. The van der Waals surface area contributed by atoms with Crippen molar-refractivity contribution >= 4 is 23.2 Å². The molecule has 0 saturated carbocycles. The molecule has 1 heterocycles. The van der Waals surface area contributed by atoms with E-state index >= 15 is 0 Å². The number of rotatable bonds is 6. The fourth-order valence-electron chi connectivity index (χ4n) is 1.38. The third-order valence-corrected chi connectivity index (χ3v) is 3.18. The molecule has 0 spiro atoms. The highest BCUT2D eigenvalue weighted by molar-refractivity contribution is 7.12. The van der Waals surface area contributed by atoms with Crippen LogP contribution in [0.2, 0.25) is 0 Å². The van der Waals surface area contributed by atoms with Gasteiger partial charge in [-0.05, 0) is 19.1 Å². The average molecular weight is 277 g/mol. The van der Waals surface area contributed by atoms with Gasteiger partial charge in [0.1, 0.15) is 6.04 Å². The number of hydrogen-bond donors (Lipinski definition) is 2. The van der Waals surface area contributed by atoms with Crippen LogP contribution in [0.25, 0.3) is 0 Å². The zero-order chi connectivity index (χ0) is 13.7. The summed E-state index contributed by atoms with van der Waals surface area (Å²) in [7, 11) is 0. The predicted octanol–water partition coefficient (Wildman–Crippen LogP) is 1.82. The molecule has 0 fully saturated rings. The molecule has 0 radical (unpaired) electrons. The second kappa shape index (κ2) is 6.44. The van der Waals surface area contributed by atoms with Gasteiger partial charge in [0.05, 0.1) is 6.42 Å². The van der Waals surface area contributed by atoms with Gasteiger partial charge in [-0.15, -0.1) is 11.3 Å². The van der Waals surface area contributed by atoms with E-state index in [1.807, 2.05) is 13.0 Å². The van der Waals surface area contributed by atoms with Crippen molar-refractivity contribution in [3.63, 3.8) is 0 Å². The van der Waals surface area contributed by atoms with Crippen LogP contribution in [0.1, 0.15) is 16.2 Å². The lowest BCUT2D eigenvalue weighted by Crippen LogP contribution is -2.42. The Bertz CT molecular complexity index is 434. The second-order valence-corrected chi connectivity index (χ2v) is 5.15. The molecule has 100 valence electrons. The fraction of sp³-hybridized carbons (Fsp3) is 0.455. The maximum absolute atomic E-state index is 12.1. The molecule has 0 aliphatic rings. The van der Waals surface area contributed by atoms with Crippen LogP contribution in [0.4, 0.5) is 8.78 Å². The summed E-state index contributed by atoms with van der Waals surface area (Å²) < 4.78 is 24.2. The average Bonchev–Trinajstić information content (AvgIpc) is 2.62. The number of hydrogen-bond acceptors (Lipinski definition) is 3. The number of thiophene rings is 1. The Labute approximate surface area is 107 Å². The third-order valence-electron chi connectivity index (χ3n) is 2.18. The Morgan fingerprint density at radius 3 is 2.56 bits per heavy atom. The quantitative estimate of drug-likeness (QED) is 0.833. The van der Waals surface area contributed by atoms with Crippen LogP contribution in [-0.2, 0) is 16.0 Å². The first-order valence-corrected chi connectivity index (χ1v) is 6.05. The van der Waals surface area contributed by atoms with E-state index in [9.17, 15) is 18.4 Å². The van der Waals surface area contributed by atoms with Crippen molar-refractivity contribution in [2.45, 2.75) is 32.2 Å². The van der Waals surface area contributed by atoms with E-state index < -0.39 is 30.8 Å². The summed E-state index contributed by atoms with van der Waals surface area (Å²) >= 11 is 1.41. The van der Waals surface area contributed by atoms with Crippen LogP contribution in [-0.4, -0.2) is 29.5 Å². The summed E-state index contributed by atoms with van der Waals surface area (Å²) in [6.45, 7) is 1.88. The monoisotopic (exact) mass is 277 g/mol. The smallest absolute Gasteiger partial charge is 0.326 e. The normalized spacial score (nSPS) is 12.4. The van der Waals surface area contributed by atoms with Gasteiger partial charge in [-0.25, -0.2) is 13.6 Å². The summed E-state index contributed by atoms with van der Waals surface area (Å²) in [5.74, 6) is -2.02. The van der Waals surface area contributed by atoms with Gasteiger partial charge in [-0.3, -0.25) is 4.79 Å². The molecular weight excluding hydrogens is 264 g/mol. The summed E-state index contributed by atoms with van der Waals surface area (Å²) in [4.78, 5) is 24.0. The van der Waals surface area contributed by atoms with Crippen molar-refractivity contribution in [3.05, 3.63) is 21.9 Å². The van der Waals surface area contributed by atoms with Crippen molar-refractivity contribution in [2.75, 3.05) is 0 Å². The first-order valence-electron chi connectivity index (χ1n) is 5.24. The Hall–Kier alpha value is -1.50. The predicted molar refractivity (Wildman–Crippen MR) is 62.9 cm³/mol. The SMILES string of the molecule is Cc1ccc(CC(=O)NC(CC(F)F)C(=O)O)s1. The van der Waals surface area contributed by atoms with Gasteiger partial charge < -0.3 is 10.4 Å². The van der Waals surface area contributed by atoms with Gasteiger partial charge in [-0.2, -0.15) is 0 Å². The Balaban J connectivity index is 2.53. The molecule has 18 heavy (non-hydrogen) atoms. The highest BCUT2D eigenvalue weighted by Gasteiger charge is 2.24. The third kappa shape index (κ3) is 4.79. The number of amides is 1. The first-order chi connectivity index (χ1) is 8.38. The number of carboxylic acid groups (broad SMARTS) is 1. The van der Waals surface area contributed by atoms with Gasteiger partial charge in [0, 0.05) is 16.2 Å². The summed E-state index contributed by atoms with van der Waals surface area (Å²) in [6.07, 6.45) is -3.65. The zero-order valence-electron chi connectivity index (χ0n) is 9.65. The maximum Gasteiger partial charge on any atom is 0.326 e. The number of carbonyl (C=O) groups is 2. The molecule has 0 saturated heterocycles. The largest absolute Gasteiger partial charge is 0.480 e. The Kier molecular flexibility index (Phi) is 5.21.